The highest BCUT2D eigenvalue weighted by molar-refractivity contribution is 6.04. The summed E-state index contributed by atoms with van der Waals surface area (Å²) in [6, 6.07) is 6.89. The first kappa shape index (κ1) is 32.4. The number of hydrogen-bond acceptors (Lipinski definition) is 6. The van der Waals surface area contributed by atoms with Crippen molar-refractivity contribution in [1.29, 1.82) is 0 Å². The molecule has 234 valence electrons. The normalized spacial score (nSPS) is 28.5. The summed E-state index contributed by atoms with van der Waals surface area (Å²) >= 11 is 0. The van der Waals surface area contributed by atoms with Crippen LogP contribution < -0.4 is 16.0 Å². The van der Waals surface area contributed by atoms with E-state index in [1.807, 2.05) is 0 Å². The van der Waals surface area contributed by atoms with Crippen molar-refractivity contribution in [2.75, 3.05) is 42.3 Å². The summed E-state index contributed by atoms with van der Waals surface area (Å²) in [6.07, 6.45) is 11.8. The minimum Gasteiger partial charge on any atom is -0.349 e. The van der Waals surface area contributed by atoms with E-state index in [-0.39, 0.29) is 35.8 Å². The van der Waals surface area contributed by atoms with Gasteiger partial charge in [-0.2, -0.15) is 0 Å². The Morgan fingerprint density at radius 2 is 0.667 bits per heavy atom. The van der Waals surface area contributed by atoms with Gasteiger partial charge in [0.25, 0.3) is 17.7 Å². The van der Waals surface area contributed by atoms with Gasteiger partial charge in [0.1, 0.15) is 0 Å². The van der Waals surface area contributed by atoms with Gasteiger partial charge in [0, 0.05) is 52.9 Å². The van der Waals surface area contributed by atoms with Crippen molar-refractivity contribution in [3.8, 4) is 0 Å². The molecule has 3 saturated carbocycles. The number of nitrogens with zero attached hydrogens (tertiary/aromatic N) is 3. The minimum absolute atomic E-state index is 0.0993. The van der Waals surface area contributed by atoms with Gasteiger partial charge in [-0.1, -0.05) is 0 Å². The van der Waals surface area contributed by atoms with E-state index >= 15 is 0 Å². The lowest BCUT2D eigenvalue weighted by molar-refractivity contribution is 0.0915. The first-order valence-corrected chi connectivity index (χ1v) is 16.1. The second kappa shape index (κ2) is 14.8. The van der Waals surface area contributed by atoms with Gasteiger partial charge in [-0.25, -0.2) is 0 Å². The third-order valence-electron chi connectivity index (χ3n) is 10.0. The molecule has 4 rings (SSSR count). The van der Waals surface area contributed by atoms with Crippen molar-refractivity contribution < 1.29 is 14.4 Å². The largest absolute Gasteiger partial charge is 0.349 e. The quantitative estimate of drug-likeness (QED) is 0.413. The molecule has 1 aromatic rings. The van der Waals surface area contributed by atoms with Crippen molar-refractivity contribution >= 4 is 17.7 Å². The van der Waals surface area contributed by atoms with E-state index in [0.29, 0.717) is 34.8 Å². The van der Waals surface area contributed by atoms with Crippen LogP contribution in [-0.4, -0.2) is 111 Å². The van der Waals surface area contributed by atoms with E-state index in [2.05, 4.69) is 72.9 Å². The second-order valence-electron chi connectivity index (χ2n) is 13.6. The zero-order valence-electron chi connectivity index (χ0n) is 26.7. The molecular weight excluding hydrogens is 528 g/mol. The highest BCUT2D eigenvalue weighted by Crippen LogP contribution is 2.25. The van der Waals surface area contributed by atoms with Gasteiger partial charge in [-0.15, -0.1) is 0 Å². The van der Waals surface area contributed by atoms with Crippen LogP contribution in [-0.2, 0) is 0 Å². The van der Waals surface area contributed by atoms with Gasteiger partial charge in [0.05, 0.1) is 0 Å². The van der Waals surface area contributed by atoms with Crippen LogP contribution in [0.1, 0.15) is 108 Å². The highest BCUT2D eigenvalue weighted by atomic mass is 16.2. The molecule has 1 aromatic carbocycles. The lowest BCUT2D eigenvalue weighted by atomic mass is 9.90. The molecule has 0 spiro atoms. The maximum Gasteiger partial charge on any atom is 0.251 e. The van der Waals surface area contributed by atoms with E-state index in [4.69, 9.17) is 0 Å². The maximum absolute atomic E-state index is 13.5. The molecule has 0 radical (unpaired) electrons. The summed E-state index contributed by atoms with van der Waals surface area (Å²) < 4.78 is 0. The van der Waals surface area contributed by atoms with Gasteiger partial charge in [0.2, 0.25) is 0 Å². The van der Waals surface area contributed by atoms with Crippen molar-refractivity contribution in [2.24, 2.45) is 0 Å². The first-order chi connectivity index (χ1) is 20.0. The van der Waals surface area contributed by atoms with E-state index < -0.39 is 0 Å². The van der Waals surface area contributed by atoms with Gasteiger partial charge >= 0.3 is 0 Å². The molecular formula is C33H54N6O3. The van der Waals surface area contributed by atoms with Crippen LogP contribution in [0, 0.1) is 0 Å². The number of amides is 3. The van der Waals surface area contributed by atoms with Crippen molar-refractivity contribution in [2.45, 2.75) is 113 Å². The predicted molar refractivity (Wildman–Crippen MR) is 168 cm³/mol. The number of carbonyl (C=O) groups excluding carboxylic acids is 3. The van der Waals surface area contributed by atoms with E-state index in [0.717, 1.165) is 77.0 Å². The molecule has 3 amide bonds. The molecule has 3 fully saturated rings. The minimum atomic E-state index is -0.218. The summed E-state index contributed by atoms with van der Waals surface area (Å²) in [4.78, 5) is 47.2. The Balaban J connectivity index is 1.46. The standard InChI is InChI=1S/C33H54N6O3/c1-37(2)28-13-7-25(8-14-28)34-31(40)22-19-23(32(41)35-26-9-15-29(16-10-26)38(3)4)21-24(20-22)33(42)36-27-11-17-30(18-12-27)39(5)6/h19-21,25-30H,7-18H2,1-6H3,(H,34,40)(H,35,41)(H,36,42). The first-order valence-electron chi connectivity index (χ1n) is 16.1. The van der Waals surface area contributed by atoms with Crippen LogP contribution in [0.25, 0.3) is 0 Å². The molecule has 9 nitrogen and oxygen atoms in total. The van der Waals surface area contributed by atoms with Gasteiger partial charge in [-0.3, -0.25) is 14.4 Å². The fourth-order valence-corrected chi connectivity index (χ4v) is 7.04. The number of carbonyl (C=O) groups is 3. The summed E-state index contributed by atoms with van der Waals surface area (Å²) in [5, 5.41) is 9.57. The Morgan fingerprint density at radius 1 is 0.452 bits per heavy atom. The summed E-state index contributed by atoms with van der Waals surface area (Å²) in [6.45, 7) is 0. The number of hydrogen-bond donors (Lipinski definition) is 3. The van der Waals surface area contributed by atoms with Gasteiger partial charge < -0.3 is 30.7 Å². The number of nitrogens with one attached hydrogen (secondary N) is 3. The van der Waals surface area contributed by atoms with E-state index in [9.17, 15) is 14.4 Å². The van der Waals surface area contributed by atoms with E-state index in [1.54, 1.807) is 18.2 Å². The van der Waals surface area contributed by atoms with Gasteiger partial charge in [-0.05, 0) is 138 Å². The van der Waals surface area contributed by atoms with Crippen LogP contribution >= 0.6 is 0 Å². The van der Waals surface area contributed by atoms with E-state index in [1.165, 1.54) is 0 Å². The molecule has 3 aliphatic carbocycles. The Hall–Kier alpha value is -2.49. The van der Waals surface area contributed by atoms with Crippen molar-refractivity contribution in [1.82, 2.24) is 30.7 Å². The summed E-state index contributed by atoms with van der Waals surface area (Å²) in [5.41, 5.74) is 1.11. The molecule has 0 saturated heterocycles. The molecule has 3 aliphatic rings. The molecule has 0 aromatic heterocycles. The number of benzene rings is 1. The predicted octanol–water partition coefficient (Wildman–Crippen LogP) is 3.49. The molecule has 0 unspecified atom stereocenters. The highest BCUT2D eigenvalue weighted by Gasteiger charge is 2.28. The second-order valence-corrected chi connectivity index (χ2v) is 13.6. The lowest BCUT2D eigenvalue weighted by Crippen LogP contribution is -2.43. The smallest absolute Gasteiger partial charge is 0.251 e. The third kappa shape index (κ3) is 8.77. The SMILES string of the molecule is CN(C)C1CCC(NC(=O)c2cc(C(=O)NC3CCC(N(C)C)CC3)cc(C(=O)NC3CCC(N(C)C)CC3)c2)CC1. The molecule has 0 heterocycles. The van der Waals surface area contributed by atoms with Crippen LogP contribution in [0.4, 0.5) is 0 Å². The zero-order valence-corrected chi connectivity index (χ0v) is 26.7. The lowest BCUT2D eigenvalue weighted by Gasteiger charge is -2.33. The fourth-order valence-electron chi connectivity index (χ4n) is 7.04. The Morgan fingerprint density at radius 3 is 0.857 bits per heavy atom. The van der Waals surface area contributed by atoms with Crippen LogP contribution in [0.15, 0.2) is 18.2 Å². The topological polar surface area (TPSA) is 97.0 Å². The molecule has 0 bridgehead atoms. The molecule has 0 atom stereocenters. The maximum atomic E-state index is 13.5. The zero-order chi connectivity index (χ0) is 30.4. The molecule has 3 N–H and O–H groups in total. The van der Waals surface area contributed by atoms with Gasteiger partial charge in [0.15, 0.2) is 0 Å². The Kier molecular flexibility index (Phi) is 11.4. The van der Waals surface area contributed by atoms with Crippen LogP contribution in [0.2, 0.25) is 0 Å². The third-order valence-corrected chi connectivity index (χ3v) is 10.0. The molecule has 42 heavy (non-hydrogen) atoms. The Bertz CT molecular complexity index is 920. The monoisotopic (exact) mass is 582 g/mol. The van der Waals surface area contributed by atoms with Crippen molar-refractivity contribution in [3.63, 3.8) is 0 Å². The van der Waals surface area contributed by atoms with Crippen molar-refractivity contribution in [3.05, 3.63) is 34.9 Å². The molecule has 0 aliphatic heterocycles. The Labute approximate surface area is 253 Å². The fraction of sp³-hybridized carbons (Fsp3) is 0.727. The number of rotatable bonds is 9. The molecule has 9 heteroatoms. The summed E-state index contributed by atoms with van der Waals surface area (Å²) in [5.74, 6) is -0.653. The average Bonchev–Trinajstić information content (AvgIpc) is 2.97. The van der Waals surface area contributed by atoms with Crippen LogP contribution in [0.5, 0.6) is 0 Å². The average molecular weight is 583 g/mol. The summed E-state index contributed by atoms with van der Waals surface area (Å²) in [7, 11) is 12.6. The van der Waals surface area contributed by atoms with Crippen LogP contribution in [0.3, 0.4) is 0 Å².